The number of hydrogen-bond acceptors (Lipinski definition) is 4. The first-order chi connectivity index (χ1) is 9.19. The van der Waals surface area contributed by atoms with Crippen molar-refractivity contribution in [2.45, 2.75) is 20.3 Å². The van der Waals surface area contributed by atoms with Crippen LogP contribution in [0, 0.1) is 0 Å². The highest BCUT2D eigenvalue weighted by molar-refractivity contribution is 5.96. The van der Waals surface area contributed by atoms with Gasteiger partial charge in [0, 0.05) is 12.0 Å². The quantitative estimate of drug-likeness (QED) is 0.895. The molecule has 0 radical (unpaired) electrons. The van der Waals surface area contributed by atoms with Crippen molar-refractivity contribution in [1.29, 1.82) is 0 Å². The molecule has 1 aromatic carbocycles. The Balaban J connectivity index is 2.59. The molecular formula is C14H15NO4. The monoisotopic (exact) mass is 261 g/mol. The molecule has 5 nitrogen and oxygen atoms in total. The average Bonchev–Trinajstić information content (AvgIpc) is 2.83. The van der Waals surface area contributed by atoms with Gasteiger partial charge in [0.2, 0.25) is 0 Å². The maximum atomic E-state index is 11.4. The van der Waals surface area contributed by atoms with Crippen molar-refractivity contribution < 1.29 is 19.2 Å². The SMILES string of the molecule is CCOc1ccccc1-c1noc(CC)c1C(=O)O. The van der Waals surface area contributed by atoms with Gasteiger partial charge in [-0.25, -0.2) is 4.79 Å². The van der Waals surface area contributed by atoms with Crippen LogP contribution in [0.5, 0.6) is 5.75 Å². The predicted octanol–water partition coefficient (Wildman–Crippen LogP) is 3.00. The molecule has 1 N–H and O–H groups in total. The lowest BCUT2D eigenvalue weighted by Crippen LogP contribution is -2.02. The van der Waals surface area contributed by atoms with Crippen molar-refractivity contribution >= 4 is 5.97 Å². The molecule has 1 aromatic heterocycles. The van der Waals surface area contributed by atoms with E-state index in [0.29, 0.717) is 35.8 Å². The van der Waals surface area contributed by atoms with Crippen LogP contribution in [0.3, 0.4) is 0 Å². The van der Waals surface area contributed by atoms with Crippen molar-refractivity contribution in [1.82, 2.24) is 5.16 Å². The molecule has 0 aliphatic carbocycles. The smallest absolute Gasteiger partial charge is 0.341 e. The van der Waals surface area contributed by atoms with Crippen molar-refractivity contribution in [2.24, 2.45) is 0 Å². The number of nitrogens with zero attached hydrogens (tertiary/aromatic N) is 1. The molecule has 2 rings (SSSR count). The molecule has 0 fully saturated rings. The molecule has 0 bridgehead atoms. The van der Waals surface area contributed by atoms with Gasteiger partial charge in [-0.15, -0.1) is 0 Å². The van der Waals surface area contributed by atoms with Crippen LogP contribution in [-0.4, -0.2) is 22.8 Å². The summed E-state index contributed by atoms with van der Waals surface area (Å²) in [5.74, 6) is -0.0725. The summed E-state index contributed by atoms with van der Waals surface area (Å²) < 4.78 is 10.6. The lowest BCUT2D eigenvalue weighted by atomic mass is 10.0. The van der Waals surface area contributed by atoms with Crippen molar-refractivity contribution in [3.8, 4) is 17.0 Å². The van der Waals surface area contributed by atoms with Gasteiger partial charge in [-0.05, 0) is 19.1 Å². The van der Waals surface area contributed by atoms with E-state index in [2.05, 4.69) is 5.16 Å². The fourth-order valence-corrected chi connectivity index (χ4v) is 1.91. The van der Waals surface area contributed by atoms with Crippen LogP contribution in [0.2, 0.25) is 0 Å². The fraction of sp³-hybridized carbons (Fsp3) is 0.286. The van der Waals surface area contributed by atoms with Gasteiger partial charge >= 0.3 is 5.97 Å². The molecule has 0 aliphatic heterocycles. The lowest BCUT2D eigenvalue weighted by Gasteiger charge is -2.08. The Labute approximate surface area is 110 Å². The number of ether oxygens (including phenoxy) is 1. The summed E-state index contributed by atoms with van der Waals surface area (Å²) in [5, 5.41) is 13.2. The molecule has 19 heavy (non-hydrogen) atoms. The lowest BCUT2D eigenvalue weighted by molar-refractivity contribution is 0.0695. The van der Waals surface area contributed by atoms with Gasteiger partial charge in [0.05, 0.1) is 6.61 Å². The number of aromatic nitrogens is 1. The highest BCUT2D eigenvalue weighted by Gasteiger charge is 2.24. The summed E-state index contributed by atoms with van der Waals surface area (Å²) in [6.45, 7) is 4.19. The van der Waals surface area contributed by atoms with Crippen molar-refractivity contribution in [2.75, 3.05) is 6.61 Å². The number of aromatic carboxylic acids is 1. The van der Waals surface area contributed by atoms with Gasteiger partial charge in [0.1, 0.15) is 17.0 Å². The average molecular weight is 261 g/mol. The topological polar surface area (TPSA) is 72.6 Å². The molecule has 0 spiro atoms. The minimum absolute atomic E-state index is 0.106. The van der Waals surface area contributed by atoms with Crippen LogP contribution in [-0.2, 0) is 6.42 Å². The first kappa shape index (κ1) is 13.1. The number of para-hydroxylation sites is 1. The van der Waals surface area contributed by atoms with Crippen LogP contribution in [0.1, 0.15) is 30.0 Å². The standard InChI is InChI=1S/C14H15NO4/c1-3-10-12(14(16)17)13(15-19-10)9-7-5-6-8-11(9)18-4-2/h5-8H,3-4H2,1-2H3,(H,16,17). The van der Waals surface area contributed by atoms with Gasteiger partial charge in [-0.1, -0.05) is 24.2 Å². The molecule has 0 amide bonds. The molecule has 0 saturated carbocycles. The first-order valence-electron chi connectivity index (χ1n) is 6.13. The van der Waals surface area contributed by atoms with Crippen LogP contribution in [0.4, 0.5) is 0 Å². The molecule has 0 atom stereocenters. The minimum Gasteiger partial charge on any atom is -0.493 e. The molecule has 100 valence electrons. The number of carboxylic acids is 1. The zero-order valence-corrected chi connectivity index (χ0v) is 10.8. The second-order valence-electron chi connectivity index (χ2n) is 3.92. The third kappa shape index (κ3) is 2.45. The molecule has 0 saturated heterocycles. The summed E-state index contributed by atoms with van der Waals surface area (Å²) >= 11 is 0. The second kappa shape index (κ2) is 5.56. The van der Waals surface area contributed by atoms with E-state index in [1.165, 1.54) is 0 Å². The van der Waals surface area contributed by atoms with E-state index in [4.69, 9.17) is 9.26 Å². The molecule has 5 heteroatoms. The Morgan fingerprint density at radius 1 is 1.37 bits per heavy atom. The minimum atomic E-state index is -1.04. The van der Waals surface area contributed by atoms with Crippen LogP contribution in [0.15, 0.2) is 28.8 Å². The van der Waals surface area contributed by atoms with E-state index < -0.39 is 5.97 Å². The van der Waals surface area contributed by atoms with Gasteiger partial charge < -0.3 is 14.4 Å². The van der Waals surface area contributed by atoms with Gasteiger partial charge in [-0.2, -0.15) is 0 Å². The summed E-state index contributed by atoms with van der Waals surface area (Å²) in [7, 11) is 0. The summed E-state index contributed by atoms with van der Waals surface area (Å²) in [4.78, 5) is 11.4. The Morgan fingerprint density at radius 3 is 2.74 bits per heavy atom. The van der Waals surface area contributed by atoms with Crippen molar-refractivity contribution in [3.05, 3.63) is 35.6 Å². The normalized spacial score (nSPS) is 10.4. The second-order valence-corrected chi connectivity index (χ2v) is 3.92. The zero-order chi connectivity index (χ0) is 13.8. The van der Waals surface area contributed by atoms with Crippen LogP contribution in [0.25, 0.3) is 11.3 Å². The molecule has 2 aromatic rings. The molecule has 0 unspecified atom stereocenters. The van der Waals surface area contributed by atoms with Crippen LogP contribution >= 0.6 is 0 Å². The molecule has 1 heterocycles. The highest BCUT2D eigenvalue weighted by Crippen LogP contribution is 2.33. The first-order valence-corrected chi connectivity index (χ1v) is 6.13. The third-order valence-corrected chi connectivity index (χ3v) is 2.74. The van der Waals surface area contributed by atoms with E-state index in [0.717, 1.165) is 0 Å². The predicted molar refractivity (Wildman–Crippen MR) is 69.4 cm³/mol. The summed E-state index contributed by atoms with van der Waals surface area (Å²) in [6.07, 6.45) is 0.478. The van der Waals surface area contributed by atoms with E-state index in [1.54, 1.807) is 12.1 Å². The van der Waals surface area contributed by atoms with Crippen molar-refractivity contribution in [3.63, 3.8) is 0 Å². The van der Waals surface area contributed by atoms with Gasteiger partial charge in [0.15, 0.2) is 5.76 Å². The summed E-state index contributed by atoms with van der Waals surface area (Å²) in [5.41, 5.74) is 1.05. The largest absolute Gasteiger partial charge is 0.493 e. The van der Waals surface area contributed by atoms with E-state index in [-0.39, 0.29) is 5.56 Å². The highest BCUT2D eigenvalue weighted by atomic mass is 16.5. The van der Waals surface area contributed by atoms with E-state index in [9.17, 15) is 9.90 Å². The zero-order valence-electron chi connectivity index (χ0n) is 10.8. The fourth-order valence-electron chi connectivity index (χ4n) is 1.91. The van der Waals surface area contributed by atoms with E-state index >= 15 is 0 Å². The number of carbonyl (C=O) groups is 1. The Hall–Kier alpha value is -2.30. The van der Waals surface area contributed by atoms with Gasteiger partial charge in [0.25, 0.3) is 0 Å². The summed E-state index contributed by atoms with van der Waals surface area (Å²) in [6, 6.07) is 7.19. The Bertz CT molecular complexity index is 589. The number of benzene rings is 1. The maximum absolute atomic E-state index is 11.4. The number of rotatable bonds is 5. The molecule has 0 aliphatic rings. The Morgan fingerprint density at radius 2 is 2.11 bits per heavy atom. The van der Waals surface area contributed by atoms with Crippen LogP contribution < -0.4 is 4.74 Å². The maximum Gasteiger partial charge on any atom is 0.341 e. The number of hydrogen-bond donors (Lipinski definition) is 1. The number of carboxylic acid groups (broad SMARTS) is 1. The molecular weight excluding hydrogens is 246 g/mol. The number of aryl methyl sites for hydroxylation is 1. The Kier molecular flexibility index (Phi) is 3.85. The third-order valence-electron chi connectivity index (χ3n) is 2.74. The van der Waals surface area contributed by atoms with Gasteiger partial charge in [-0.3, -0.25) is 0 Å². The van der Waals surface area contributed by atoms with E-state index in [1.807, 2.05) is 26.0 Å².